The lowest BCUT2D eigenvalue weighted by Gasteiger charge is -2.24. The molecule has 1 atom stereocenters. The second kappa shape index (κ2) is 9.75. The van der Waals surface area contributed by atoms with Gasteiger partial charge in [-0.05, 0) is 56.0 Å². The predicted molar refractivity (Wildman–Crippen MR) is 122 cm³/mol. The van der Waals surface area contributed by atoms with E-state index < -0.39 is 0 Å². The van der Waals surface area contributed by atoms with E-state index >= 15 is 0 Å². The third-order valence-electron chi connectivity index (χ3n) is 5.72. The summed E-state index contributed by atoms with van der Waals surface area (Å²) >= 11 is 0. The largest absolute Gasteiger partial charge is 0.353 e. The molecule has 4 heteroatoms. The van der Waals surface area contributed by atoms with Gasteiger partial charge in [0, 0.05) is 30.8 Å². The maximum absolute atomic E-state index is 12.5. The zero-order valence-electron chi connectivity index (χ0n) is 18.1. The van der Waals surface area contributed by atoms with E-state index in [9.17, 15) is 4.79 Å². The summed E-state index contributed by atoms with van der Waals surface area (Å²) < 4.78 is 2.03. The highest BCUT2D eigenvalue weighted by Gasteiger charge is 2.10. The number of benzene rings is 2. The van der Waals surface area contributed by atoms with Crippen molar-refractivity contribution in [3.8, 4) is 11.1 Å². The number of rotatable bonds is 9. The van der Waals surface area contributed by atoms with E-state index in [1.165, 1.54) is 29.5 Å². The molecule has 4 nitrogen and oxygen atoms in total. The molecule has 0 aliphatic rings. The van der Waals surface area contributed by atoms with E-state index in [1.54, 1.807) is 0 Å². The van der Waals surface area contributed by atoms with Crippen LogP contribution in [0, 0.1) is 6.92 Å². The van der Waals surface area contributed by atoms with Crippen LogP contribution in [0.2, 0.25) is 0 Å². The molecule has 0 aliphatic carbocycles. The molecule has 1 amide bonds. The third-order valence-corrected chi connectivity index (χ3v) is 5.72. The Morgan fingerprint density at radius 1 is 1.10 bits per heavy atom. The number of carbonyl (C=O) groups is 1. The minimum absolute atomic E-state index is 0.0554. The Bertz CT molecular complexity index is 942. The average Bonchev–Trinajstić information content (AvgIpc) is 3.10. The van der Waals surface area contributed by atoms with Gasteiger partial charge in [-0.2, -0.15) is 0 Å². The molecule has 0 fully saturated rings. The first kappa shape index (κ1) is 21.1. The molecule has 154 valence electrons. The Morgan fingerprint density at radius 2 is 1.83 bits per heavy atom. The van der Waals surface area contributed by atoms with Crippen LogP contribution in [0.3, 0.4) is 0 Å². The van der Waals surface area contributed by atoms with E-state index in [-0.39, 0.29) is 5.91 Å². The summed E-state index contributed by atoms with van der Waals surface area (Å²) in [6, 6.07) is 17.6. The lowest BCUT2D eigenvalue weighted by Crippen LogP contribution is -2.38. The van der Waals surface area contributed by atoms with Gasteiger partial charge in [0.15, 0.2) is 0 Å². The molecule has 0 saturated heterocycles. The molecule has 1 unspecified atom stereocenters. The Kier molecular flexibility index (Phi) is 7.10. The van der Waals surface area contributed by atoms with Crippen molar-refractivity contribution in [3.05, 3.63) is 60.3 Å². The number of likely N-dealkylation sites (N-methyl/N-ethyl adjacent to an activating group) is 1. The Balaban J connectivity index is 1.63. The zero-order valence-corrected chi connectivity index (χ0v) is 18.1. The van der Waals surface area contributed by atoms with E-state index in [0.717, 1.165) is 17.4 Å². The van der Waals surface area contributed by atoms with Gasteiger partial charge in [-0.25, -0.2) is 0 Å². The Morgan fingerprint density at radius 3 is 2.55 bits per heavy atom. The lowest BCUT2D eigenvalue weighted by atomic mass is 10.0. The van der Waals surface area contributed by atoms with Gasteiger partial charge in [-0.3, -0.25) is 4.79 Å². The zero-order chi connectivity index (χ0) is 20.8. The molecule has 0 spiro atoms. The van der Waals surface area contributed by atoms with Crippen molar-refractivity contribution in [2.75, 3.05) is 20.1 Å². The highest BCUT2D eigenvalue weighted by Crippen LogP contribution is 2.25. The quantitative estimate of drug-likeness (QED) is 0.566. The van der Waals surface area contributed by atoms with E-state index in [0.29, 0.717) is 19.1 Å². The molecular weight excluding hydrogens is 358 g/mol. The van der Waals surface area contributed by atoms with Crippen LogP contribution in [0.4, 0.5) is 0 Å². The minimum Gasteiger partial charge on any atom is -0.353 e. The molecule has 3 aromatic rings. The van der Waals surface area contributed by atoms with Crippen LogP contribution in [0.1, 0.15) is 32.3 Å². The highest BCUT2D eigenvalue weighted by atomic mass is 16.1. The van der Waals surface area contributed by atoms with Crippen LogP contribution in [0.25, 0.3) is 22.0 Å². The number of aryl methyl sites for hydroxylation is 1. The van der Waals surface area contributed by atoms with Crippen molar-refractivity contribution in [3.63, 3.8) is 0 Å². The van der Waals surface area contributed by atoms with E-state index in [2.05, 4.69) is 86.6 Å². The standard InChI is InChI=1S/C25H33N3O/c1-5-6-20(3)27(4)16-14-26-25(29)18-28-15-13-22-11-12-23(17-24(22)28)21-9-7-19(2)8-10-21/h7-13,15,17,20H,5-6,14,16,18H2,1-4H3,(H,26,29). The first-order valence-electron chi connectivity index (χ1n) is 10.6. The van der Waals surface area contributed by atoms with Crippen LogP contribution >= 0.6 is 0 Å². The maximum Gasteiger partial charge on any atom is 0.239 e. The summed E-state index contributed by atoms with van der Waals surface area (Å²) in [4.78, 5) is 14.8. The summed E-state index contributed by atoms with van der Waals surface area (Å²) in [6.07, 6.45) is 4.37. The summed E-state index contributed by atoms with van der Waals surface area (Å²) in [7, 11) is 2.12. The number of nitrogens with zero attached hydrogens (tertiary/aromatic N) is 2. The first-order valence-corrected chi connectivity index (χ1v) is 10.6. The number of fused-ring (bicyclic) bond motifs is 1. The van der Waals surface area contributed by atoms with Crippen LogP contribution in [0.15, 0.2) is 54.7 Å². The second-order valence-corrected chi connectivity index (χ2v) is 8.05. The van der Waals surface area contributed by atoms with Gasteiger partial charge in [0.2, 0.25) is 5.91 Å². The minimum atomic E-state index is 0.0554. The van der Waals surface area contributed by atoms with Crippen molar-refractivity contribution in [1.82, 2.24) is 14.8 Å². The third kappa shape index (κ3) is 5.48. The van der Waals surface area contributed by atoms with Crippen molar-refractivity contribution < 1.29 is 4.79 Å². The fourth-order valence-corrected chi connectivity index (χ4v) is 3.69. The van der Waals surface area contributed by atoms with Crippen LogP contribution < -0.4 is 5.32 Å². The Hall–Kier alpha value is -2.59. The van der Waals surface area contributed by atoms with Crippen LogP contribution in [0.5, 0.6) is 0 Å². The van der Waals surface area contributed by atoms with Gasteiger partial charge in [-0.15, -0.1) is 0 Å². The number of hydrogen-bond acceptors (Lipinski definition) is 2. The molecule has 0 bridgehead atoms. The molecule has 1 heterocycles. The number of carbonyl (C=O) groups excluding carboxylic acids is 1. The van der Waals surface area contributed by atoms with Crippen LogP contribution in [-0.2, 0) is 11.3 Å². The normalized spacial score (nSPS) is 12.4. The number of nitrogens with one attached hydrogen (secondary N) is 1. The van der Waals surface area contributed by atoms with Gasteiger partial charge in [0.05, 0.1) is 0 Å². The first-order chi connectivity index (χ1) is 14.0. The summed E-state index contributed by atoms with van der Waals surface area (Å²) in [5.74, 6) is 0.0554. The fraction of sp³-hybridized carbons (Fsp3) is 0.400. The molecule has 2 aromatic carbocycles. The predicted octanol–water partition coefficient (Wildman–Crippen LogP) is 4.85. The molecule has 0 saturated carbocycles. The molecular formula is C25H33N3O. The molecule has 3 rings (SSSR count). The molecule has 29 heavy (non-hydrogen) atoms. The van der Waals surface area contributed by atoms with Crippen LogP contribution in [-0.4, -0.2) is 41.6 Å². The van der Waals surface area contributed by atoms with Crippen molar-refractivity contribution in [1.29, 1.82) is 0 Å². The molecule has 1 aromatic heterocycles. The molecule has 0 radical (unpaired) electrons. The van der Waals surface area contributed by atoms with Crippen molar-refractivity contribution >= 4 is 16.8 Å². The topological polar surface area (TPSA) is 37.3 Å². The van der Waals surface area contributed by atoms with E-state index in [1.807, 2.05) is 10.8 Å². The summed E-state index contributed by atoms with van der Waals surface area (Å²) in [5.41, 5.74) is 4.71. The lowest BCUT2D eigenvalue weighted by molar-refractivity contribution is -0.121. The number of aromatic nitrogens is 1. The van der Waals surface area contributed by atoms with Gasteiger partial charge in [0.1, 0.15) is 6.54 Å². The SMILES string of the molecule is CCCC(C)N(C)CCNC(=O)Cn1ccc2ccc(-c3ccc(C)cc3)cc21. The van der Waals surface area contributed by atoms with Gasteiger partial charge < -0.3 is 14.8 Å². The smallest absolute Gasteiger partial charge is 0.239 e. The summed E-state index contributed by atoms with van der Waals surface area (Å²) in [5, 5.41) is 4.22. The van der Waals surface area contributed by atoms with Gasteiger partial charge in [0.25, 0.3) is 0 Å². The summed E-state index contributed by atoms with van der Waals surface area (Å²) in [6.45, 7) is 8.43. The van der Waals surface area contributed by atoms with Crippen molar-refractivity contribution in [2.24, 2.45) is 0 Å². The molecule has 0 aliphatic heterocycles. The average molecular weight is 392 g/mol. The maximum atomic E-state index is 12.5. The van der Waals surface area contributed by atoms with Gasteiger partial charge >= 0.3 is 0 Å². The fourth-order valence-electron chi connectivity index (χ4n) is 3.69. The Labute approximate surface area is 174 Å². The van der Waals surface area contributed by atoms with Crippen molar-refractivity contribution in [2.45, 2.75) is 46.2 Å². The molecule has 1 N–H and O–H groups in total. The number of hydrogen-bond donors (Lipinski definition) is 1. The second-order valence-electron chi connectivity index (χ2n) is 8.05. The van der Waals surface area contributed by atoms with E-state index in [4.69, 9.17) is 0 Å². The van der Waals surface area contributed by atoms with Gasteiger partial charge in [-0.1, -0.05) is 55.3 Å². The number of amides is 1. The monoisotopic (exact) mass is 391 g/mol. The highest BCUT2D eigenvalue weighted by molar-refractivity contribution is 5.87.